The molecule has 0 saturated carbocycles. The van der Waals surface area contributed by atoms with E-state index >= 15 is 0 Å². The maximum atomic E-state index is 11.4. The molecule has 5 heteroatoms. The summed E-state index contributed by atoms with van der Waals surface area (Å²) in [5, 5.41) is 0. The summed E-state index contributed by atoms with van der Waals surface area (Å²) in [5.41, 5.74) is -2.07. The molecule has 0 radical (unpaired) electrons. The van der Waals surface area contributed by atoms with Crippen LogP contribution in [0, 0.1) is 5.92 Å². The van der Waals surface area contributed by atoms with Gasteiger partial charge in [-0.05, 0) is 25.7 Å². The Bertz CT molecular complexity index is 276. The molecule has 92 valence electrons. The number of ether oxygens (including phenoxy) is 1. The van der Waals surface area contributed by atoms with Crippen molar-refractivity contribution in [2.75, 3.05) is 7.11 Å². The van der Waals surface area contributed by atoms with Crippen LogP contribution in [0.3, 0.4) is 0 Å². The third-order valence-corrected chi connectivity index (χ3v) is 3.17. The van der Waals surface area contributed by atoms with Crippen molar-refractivity contribution in [3.05, 3.63) is 0 Å². The highest BCUT2D eigenvalue weighted by molar-refractivity contribution is 5.79. The first-order valence-corrected chi connectivity index (χ1v) is 5.32. The van der Waals surface area contributed by atoms with Crippen molar-refractivity contribution in [1.29, 1.82) is 0 Å². The largest absolute Gasteiger partial charge is 0.467 e. The highest BCUT2D eigenvalue weighted by Gasteiger charge is 2.49. The molecule has 0 aromatic rings. The Morgan fingerprint density at radius 2 is 2.00 bits per heavy atom. The number of methoxy groups -OCH3 is 1. The maximum Gasteiger partial charge on any atom is 0.341 e. The molecular formula is C11H18O5. The van der Waals surface area contributed by atoms with Crippen LogP contribution in [-0.2, 0) is 24.1 Å². The Morgan fingerprint density at radius 1 is 1.38 bits per heavy atom. The molecule has 1 aliphatic rings. The van der Waals surface area contributed by atoms with E-state index in [1.807, 2.05) is 13.8 Å². The smallest absolute Gasteiger partial charge is 0.341 e. The van der Waals surface area contributed by atoms with Crippen LogP contribution in [0.5, 0.6) is 0 Å². The standard InChI is InChI=1S/C11H18O5/c1-8(2)11(7-12)6-5-10(3,15-16-11)9(13)14-4/h7-8H,5-6H2,1-4H3/t10-,11+/m0/s1. The Balaban J connectivity index is 2.76. The van der Waals surface area contributed by atoms with Gasteiger partial charge < -0.3 is 4.74 Å². The molecular weight excluding hydrogens is 212 g/mol. The molecule has 0 aliphatic carbocycles. The van der Waals surface area contributed by atoms with Gasteiger partial charge in [0, 0.05) is 0 Å². The van der Waals surface area contributed by atoms with Crippen LogP contribution < -0.4 is 0 Å². The van der Waals surface area contributed by atoms with Gasteiger partial charge in [-0.15, -0.1) is 0 Å². The molecule has 2 atom stereocenters. The predicted octanol–water partition coefficient (Wildman–Crippen LogP) is 1.25. The topological polar surface area (TPSA) is 61.8 Å². The highest BCUT2D eigenvalue weighted by Crippen LogP contribution is 2.37. The molecule has 0 unspecified atom stereocenters. The number of carbonyl (C=O) groups excluding carboxylic acids is 2. The van der Waals surface area contributed by atoms with Gasteiger partial charge in [-0.2, -0.15) is 0 Å². The summed E-state index contributed by atoms with van der Waals surface area (Å²) in [6, 6.07) is 0. The van der Waals surface area contributed by atoms with Crippen molar-refractivity contribution in [3.63, 3.8) is 0 Å². The fraction of sp³-hybridized carbons (Fsp3) is 0.818. The minimum absolute atomic E-state index is 0.00723. The fourth-order valence-electron chi connectivity index (χ4n) is 1.64. The molecule has 16 heavy (non-hydrogen) atoms. The maximum absolute atomic E-state index is 11.4. The summed E-state index contributed by atoms with van der Waals surface area (Å²) in [5.74, 6) is -0.497. The molecule has 0 N–H and O–H groups in total. The Morgan fingerprint density at radius 3 is 2.31 bits per heavy atom. The molecule has 1 fully saturated rings. The van der Waals surface area contributed by atoms with Crippen LogP contribution in [0.4, 0.5) is 0 Å². The van der Waals surface area contributed by atoms with E-state index in [4.69, 9.17) is 9.78 Å². The first-order valence-electron chi connectivity index (χ1n) is 5.32. The molecule has 1 rings (SSSR count). The second kappa shape index (κ2) is 4.51. The average molecular weight is 230 g/mol. The van der Waals surface area contributed by atoms with Crippen LogP contribution in [0.2, 0.25) is 0 Å². The van der Waals surface area contributed by atoms with Gasteiger partial charge in [0.05, 0.1) is 7.11 Å². The van der Waals surface area contributed by atoms with Gasteiger partial charge in [-0.25, -0.2) is 14.6 Å². The number of esters is 1. The molecule has 1 heterocycles. The zero-order valence-corrected chi connectivity index (χ0v) is 10.1. The van der Waals surface area contributed by atoms with E-state index in [0.717, 1.165) is 6.29 Å². The van der Waals surface area contributed by atoms with E-state index in [2.05, 4.69) is 4.74 Å². The van der Waals surface area contributed by atoms with E-state index in [1.54, 1.807) is 6.92 Å². The first kappa shape index (κ1) is 13.1. The Hall–Kier alpha value is -0.940. The summed E-state index contributed by atoms with van der Waals surface area (Å²) in [7, 11) is 1.29. The minimum Gasteiger partial charge on any atom is -0.467 e. The van der Waals surface area contributed by atoms with Gasteiger partial charge in [0.2, 0.25) is 0 Å². The van der Waals surface area contributed by atoms with Crippen molar-refractivity contribution in [2.24, 2.45) is 5.92 Å². The molecule has 0 amide bonds. The summed E-state index contributed by atoms with van der Waals surface area (Å²) in [4.78, 5) is 32.7. The van der Waals surface area contributed by atoms with Crippen molar-refractivity contribution in [3.8, 4) is 0 Å². The average Bonchev–Trinajstić information content (AvgIpc) is 2.29. The zero-order valence-electron chi connectivity index (χ0n) is 10.1. The molecule has 0 aromatic carbocycles. The molecule has 1 aliphatic heterocycles. The highest BCUT2D eigenvalue weighted by atomic mass is 17.2. The van der Waals surface area contributed by atoms with E-state index in [1.165, 1.54) is 7.11 Å². The van der Waals surface area contributed by atoms with Crippen LogP contribution in [0.1, 0.15) is 33.6 Å². The summed E-state index contributed by atoms with van der Waals surface area (Å²) in [6.45, 7) is 5.34. The summed E-state index contributed by atoms with van der Waals surface area (Å²) in [6.07, 6.45) is 1.59. The van der Waals surface area contributed by atoms with E-state index in [9.17, 15) is 9.59 Å². The van der Waals surface area contributed by atoms with Gasteiger partial charge in [-0.1, -0.05) is 13.8 Å². The number of hydrogen-bond acceptors (Lipinski definition) is 5. The number of hydrogen-bond donors (Lipinski definition) is 0. The van der Waals surface area contributed by atoms with Gasteiger partial charge in [0.25, 0.3) is 0 Å². The van der Waals surface area contributed by atoms with Gasteiger partial charge in [0.1, 0.15) is 0 Å². The number of carbonyl (C=O) groups is 2. The van der Waals surface area contributed by atoms with E-state index in [-0.39, 0.29) is 5.92 Å². The SMILES string of the molecule is COC(=O)[C@]1(C)CC[C@@](C=O)(C(C)C)OO1. The second-order valence-electron chi connectivity index (χ2n) is 4.62. The number of rotatable bonds is 3. The normalized spacial score (nSPS) is 34.8. The monoisotopic (exact) mass is 230 g/mol. The van der Waals surface area contributed by atoms with E-state index in [0.29, 0.717) is 12.8 Å². The summed E-state index contributed by atoms with van der Waals surface area (Å²) >= 11 is 0. The summed E-state index contributed by atoms with van der Waals surface area (Å²) < 4.78 is 4.62. The molecule has 0 spiro atoms. The molecule has 0 aromatic heterocycles. The van der Waals surface area contributed by atoms with Crippen molar-refractivity contribution in [2.45, 2.75) is 44.8 Å². The molecule has 0 bridgehead atoms. The zero-order chi connectivity index (χ0) is 12.4. The van der Waals surface area contributed by atoms with Gasteiger partial charge >= 0.3 is 5.97 Å². The molecule has 5 nitrogen and oxygen atoms in total. The Kier molecular flexibility index (Phi) is 3.70. The van der Waals surface area contributed by atoms with Gasteiger partial charge in [-0.3, -0.25) is 4.79 Å². The first-order chi connectivity index (χ1) is 7.40. The Labute approximate surface area is 95.0 Å². The van der Waals surface area contributed by atoms with Crippen LogP contribution >= 0.6 is 0 Å². The van der Waals surface area contributed by atoms with Crippen LogP contribution in [0.25, 0.3) is 0 Å². The fourth-order valence-corrected chi connectivity index (χ4v) is 1.64. The lowest BCUT2D eigenvalue weighted by atomic mass is 9.83. The third-order valence-electron chi connectivity index (χ3n) is 3.17. The lowest BCUT2D eigenvalue weighted by Crippen LogP contribution is -2.53. The van der Waals surface area contributed by atoms with Crippen molar-refractivity contribution < 1.29 is 24.1 Å². The molecule has 1 saturated heterocycles. The van der Waals surface area contributed by atoms with Crippen LogP contribution in [-0.4, -0.2) is 30.6 Å². The van der Waals surface area contributed by atoms with Crippen molar-refractivity contribution in [1.82, 2.24) is 0 Å². The van der Waals surface area contributed by atoms with Gasteiger partial charge in [0.15, 0.2) is 17.5 Å². The number of aldehydes is 1. The quantitative estimate of drug-likeness (QED) is 0.415. The third kappa shape index (κ3) is 2.10. The van der Waals surface area contributed by atoms with Crippen molar-refractivity contribution >= 4 is 12.3 Å². The lowest BCUT2D eigenvalue weighted by Gasteiger charge is -2.40. The predicted molar refractivity (Wildman–Crippen MR) is 55.5 cm³/mol. The second-order valence-corrected chi connectivity index (χ2v) is 4.62. The van der Waals surface area contributed by atoms with Crippen LogP contribution in [0.15, 0.2) is 0 Å². The van der Waals surface area contributed by atoms with E-state index < -0.39 is 17.2 Å². The minimum atomic E-state index is -1.11. The lowest BCUT2D eigenvalue weighted by molar-refractivity contribution is -0.422.